The summed E-state index contributed by atoms with van der Waals surface area (Å²) in [6.07, 6.45) is 6.84. The van der Waals surface area contributed by atoms with Gasteiger partial charge in [0.25, 0.3) is 0 Å². The molecule has 106 valence electrons. The fourth-order valence-electron chi connectivity index (χ4n) is 3.16. The molecule has 0 aliphatic heterocycles. The van der Waals surface area contributed by atoms with Crippen molar-refractivity contribution in [3.8, 4) is 0 Å². The van der Waals surface area contributed by atoms with Crippen molar-refractivity contribution in [1.29, 1.82) is 0 Å². The molecule has 0 aromatic carbocycles. The summed E-state index contributed by atoms with van der Waals surface area (Å²) in [6.45, 7) is 1.43. The van der Waals surface area contributed by atoms with Crippen LogP contribution in [0.25, 0.3) is 0 Å². The zero-order chi connectivity index (χ0) is 12.4. The van der Waals surface area contributed by atoms with E-state index in [9.17, 15) is 4.79 Å². The molecule has 0 radical (unpaired) electrons. The van der Waals surface area contributed by atoms with Crippen LogP contribution in [0, 0.1) is 5.41 Å². The maximum Gasteiger partial charge on any atom is 0.226 e. The highest BCUT2D eigenvalue weighted by atomic mass is 35.5. The molecule has 0 heterocycles. The SMILES string of the molecule is COCCCNC(=O)C12CCC(N)(CC1)CC2.Cl. The number of amides is 1. The molecule has 0 aromatic heterocycles. The number of hydrogen-bond acceptors (Lipinski definition) is 3. The van der Waals surface area contributed by atoms with E-state index in [1.807, 2.05) is 0 Å². The smallest absolute Gasteiger partial charge is 0.226 e. The first-order chi connectivity index (χ1) is 8.10. The lowest BCUT2D eigenvalue weighted by molar-refractivity contribution is -0.137. The predicted molar refractivity (Wildman–Crippen MR) is 73.8 cm³/mol. The quantitative estimate of drug-likeness (QED) is 0.750. The minimum atomic E-state index is -0.103. The summed E-state index contributed by atoms with van der Waals surface area (Å²) in [5, 5.41) is 3.06. The van der Waals surface area contributed by atoms with Gasteiger partial charge in [-0.2, -0.15) is 0 Å². The molecule has 2 bridgehead atoms. The molecular formula is C13H25ClN2O2. The lowest BCUT2D eigenvalue weighted by Gasteiger charge is -2.50. The molecule has 3 aliphatic carbocycles. The van der Waals surface area contributed by atoms with Crippen LogP contribution in [0.5, 0.6) is 0 Å². The Morgan fingerprint density at radius 3 is 2.28 bits per heavy atom. The maximum absolute atomic E-state index is 12.3. The molecule has 0 unspecified atom stereocenters. The van der Waals surface area contributed by atoms with E-state index < -0.39 is 0 Å². The molecule has 3 N–H and O–H groups in total. The highest BCUT2D eigenvalue weighted by molar-refractivity contribution is 5.85. The van der Waals surface area contributed by atoms with Gasteiger partial charge in [0.1, 0.15) is 0 Å². The summed E-state index contributed by atoms with van der Waals surface area (Å²) in [5.74, 6) is 0.246. The van der Waals surface area contributed by atoms with E-state index >= 15 is 0 Å². The van der Waals surface area contributed by atoms with E-state index in [4.69, 9.17) is 10.5 Å². The second-order valence-electron chi connectivity index (χ2n) is 5.74. The fraction of sp³-hybridized carbons (Fsp3) is 0.923. The number of ether oxygens (including phenoxy) is 1. The van der Waals surface area contributed by atoms with E-state index in [1.54, 1.807) is 7.11 Å². The van der Waals surface area contributed by atoms with E-state index in [1.165, 1.54) is 0 Å². The molecule has 18 heavy (non-hydrogen) atoms. The molecule has 0 aromatic rings. The molecule has 3 saturated carbocycles. The number of halogens is 1. The van der Waals surface area contributed by atoms with Gasteiger partial charge in [-0.3, -0.25) is 4.79 Å². The van der Waals surface area contributed by atoms with Crippen molar-refractivity contribution in [3.63, 3.8) is 0 Å². The molecule has 5 heteroatoms. The molecule has 3 aliphatic rings. The van der Waals surface area contributed by atoms with E-state index in [0.717, 1.165) is 51.5 Å². The van der Waals surface area contributed by atoms with Crippen LogP contribution in [0.4, 0.5) is 0 Å². The van der Waals surface area contributed by atoms with Crippen molar-refractivity contribution < 1.29 is 9.53 Å². The zero-order valence-corrected chi connectivity index (χ0v) is 12.0. The second-order valence-corrected chi connectivity index (χ2v) is 5.74. The zero-order valence-electron chi connectivity index (χ0n) is 11.2. The number of rotatable bonds is 5. The van der Waals surface area contributed by atoms with Gasteiger partial charge in [-0.15, -0.1) is 12.4 Å². The minimum absolute atomic E-state index is 0. The number of carbonyl (C=O) groups is 1. The average molecular weight is 277 g/mol. The third-order valence-electron chi connectivity index (χ3n) is 4.60. The molecule has 0 spiro atoms. The molecule has 3 fully saturated rings. The first-order valence-electron chi connectivity index (χ1n) is 6.66. The number of hydrogen-bond donors (Lipinski definition) is 2. The molecule has 1 amide bonds. The second kappa shape index (κ2) is 6.22. The monoisotopic (exact) mass is 276 g/mol. The normalized spacial score (nSPS) is 33.9. The summed E-state index contributed by atoms with van der Waals surface area (Å²) in [7, 11) is 1.68. The topological polar surface area (TPSA) is 64.3 Å². The number of nitrogens with one attached hydrogen (secondary N) is 1. The van der Waals surface area contributed by atoms with Crippen LogP contribution in [0.2, 0.25) is 0 Å². The predicted octanol–water partition coefficient (Wildman–Crippen LogP) is 1.61. The van der Waals surface area contributed by atoms with Gasteiger partial charge in [-0.25, -0.2) is 0 Å². The summed E-state index contributed by atoms with van der Waals surface area (Å²) in [4.78, 5) is 12.3. The Hall–Kier alpha value is -0.320. The summed E-state index contributed by atoms with van der Waals surface area (Å²) in [6, 6.07) is 0. The molecule has 0 saturated heterocycles. The van der Waals surface area contributed by atoms with Crippen LogP contribution in [0.3, 0.4) is 0 Å². The average Bonchev–Trinajstić information content (AvgIpc) is 2.36. The summed E-state index contributed by atoms with van der Waals surface area (Å²) in [5.41, 5.74) is 6.18. The van der Waals surface area contributed by atoms with Gasteiger partial charge in [0.15, 0.2) is 0 Å². The Kier molecular flexibility index (Phi) is 5.44. The van der Waals surface area contributed by atoms with Crippen LogP contribution in [-0.2, 0) is 9.53 Å². The Balaban J connectivity index is 0.00000162. The highest BCUT2D eigenvalue weighted by Gasteiger charge is 2.50. The van der Waals surface area contributed by atoms with Crippen LogP contribution < -0.4 is 11.1 Å². The van der Waals surface area contributed by atoms with Crippen LogP contribution >= 0.6 is 12.4 Å². The third kappa shape index (κ3) is 3.16. The van der Waals surface area contributed by atoms with Crippen LogP contribution in [0.1, 0.15) is 44.9 Å². The number of methoxy groups -OCH3 is 1. The third-order valence-corrected chi connectivity index (χ3v) is 4.60. The first-order valence-corrected chi connectivity index (χ1v) is 6.66. The maximum atomic E-state index is 12.3. The van der Waals surface area contributed by atoms with Gasteiger partial charge in [-0.05, 0) is 44.9 Å². The van der Waals surface area contributed by atoms with Crippen molar-refractivity contribution in [1.82, 2.24) is 5.32 Å². The number of nitrogens with two attached hydrogens (primary N) is 1. The van der Waals surface area contributed by atoms with Crippen LogP contribution in [-0.4, -0.2) is 31.7 Å². The Morgan fingerprint density at radius 2 is 1.78 bits per heavy atom. The van der Waals surface area contributed by atoms with Crippen molar-refractivity contribution in [2.45, 2.75) is 50.5 Å². The Bertz CT molecular complexity index is 272. The molecule has 4 nitrogen and oxygen atoms in total. The summed E-state index contributed by atoms with van der Waals surface area (Å²) >= 11 is 0. The minimum Gasteiger partial charge on any atom is -0.385 e. The van der Waals surface area contributed by atoms with Gasteiger partial charge < -0.3 is 15.8 Å². The largest absolute Gasteiger partial charge is 0.385 e. The molecule has 0 atom stereocenters. The Morgan fingerprint density at radius 1 is 1.22 bits per heavy atom. The summed E-state index contributed by atoms with van der Waals surface area (Å²) < 4.78 is 4.97. The lowest BCUT2D eigenvalue weighted by atomic mass is 9.57. The van der Waals surface area contributed by atoms with Crippen LogP contribution in [0.15, 0.2) is 0 Å². The number of fused-ring (bicyclic) bond motifs is 3. The van der Waals surface area contributed by atoms with Gasteiger partial charge in [0.05, 0.1) is 0 Å². The van der Waals surface area contributed by atoms with Crippen molar-refractivity contribution in [2.24, 2.45) is 11.1 Å². The Labute approximate surface area is 115 Å². The van der Waals surface area contributed by atoms with E-state index in [-0.39, 0.29) is 29.3 Å². The van der Waals surface area contributed by atoms with Gasteiger partial charge >= 0.3 is 0 Å². The highest BCUT2D eigenvalue weighted by Crippen LogP contribution is 2.51. The number of carbonyl (C=O) groups excluding carboxylic acids is 1. The molecular weight excluding hydrogens is 252 g/mol. The van der Waals surface area contributed by atoms with Crippen molar-refractivity contribution >= 4 is 18.3 Å². The standard InChI is InChI=1S/C13H24N2O2.ClH/c1-17-10-2-9-15-11(16)12-3-6-13(14,7-4-12)8-5-12;/h2-10,14H2,1H3,(H,15,16);1H. The van der Waals surface area contributed by atoms with Crippen molar-refractivity contribution in [2.75, 3.05) is 20.3 Å². The molecule has 3 rings (SSSR count). The van der Waals surface area contributed by atoms with Gasteiger partial charge in [0, 0.05) is 31.2 Å². The first kappa shape index (κ1) is 15.7. The lowest BCUT2D eigenvalue weighted by Crippen LogP contribution is -2.56. The van der Waals surface area contributed by atoms with E-state index in [0.29, 0.717) is 6.61 Å². The van der Waals surface area contributed by atoms with Crippen molar-refractivity contribution in [3.05, 3.63) is 0 Å². The van der Waals surface area contributed by atoms with Gasteiger partial charge in [-0.1, -0.05) is 0 Å². The van der Waals surface area contributed by atoms with E-state index in [2.05, 4.69) is 5.32 Å². The van der Waals surface area contributed by atoms with Gasteiger partial charge in [0.2, 0.25) is 5.91 Å². The fourth-order valence-corrected chi connectivity index (χ4v) is 3.16.